The number of nitrogens with one attached hydrogen (secondary N) is 1. The molecule has 92 valence electrons. The molecule has 0 unspecified atom stereocenters. The molecule has 2 nitrogen and oxygen atoms in total. The summed E-state index contributed by atoms with van der Waals surface area (Å²) in [6, 6.07) is 1.96. The van der Waals surface area contributed by atoms with Crippen molar-refractivity contribution in [1.29, 1.82) is 0 Å². The van der Waals surface area contributed by atoms with Gasteiger partial charge in [0.05, 0.1) is 0 Å². The van der Waals surface area contributed by atoms with E-state index in [9.17, 15) is 0 Å². The van der Waals surface area contributed by atoms with Crippen molar-refractivity contribution in [1.82, 2.24) is 10.2 Å². The van der Waals surface area contributed by atoms with E-state index in [2.05, 4.69) is 51.8 Å². The van der Waals surface area contributed by atoms with Crippen LogP contribution in [0.2, 0.25) is 0 Å². The maximum atomic E-state index is 3.58. The van der Waals surface area contributed by atoms with Crippen molar-refractivity contribution >= 4 is 0 Å². The van der Waals surface area contributed by atoms with E-state index in [-0.39, 0.29) is 0 Å². The van der Waals surface area contributed by atoms with E-state index in [1.165, 1.54) is 12.8 Å². The molecule has 0 aliphatic carbocycles. The summed E-state index contributed by atoms with van der Waals surface area (Å²) in [4.78, 5) is 2.53. The molecule has 0 heterocycles. The van der Waals surface area contributed by atoms with Crippen LogP contribution in [0.1, 0.15) is 54.4 Å². The second-order valence-corrected chi connectivity index (χ2v) is 5.07. The zero-order chi connectivity index (χ0) is 11.8. The lowest BCUT2D eigenvalue weighted by Crippen LogP contribution is -2.42. The van der Waals surface area contributed by atoms with Crippen LogP contribution >= 0.6 is 0 Å². The van der Waals surface area contributed by atoms with Crippen LogP contribution in [-0.4, -0.2) is 36.1 Å². The third kappa shape index (κ3) is 6.91. The summed E-state index contributed by atoms with van der Waals surface area (Å²) in [7, 11) is 0. The Labute approximate surface area is 96.4 Å². The molecular weight excluding hydrogens is 184 g/mol. The SMILES string of the molecule is CCC[C@@H](C)NCCN(C(C)C)C(C)C. The number of hydrogen-bond donors (Lipinski definition) is 1. The maximum absolute atomic E-state index is 3.58. The molecule has 0 rings (SSSR count). The van der Waals surface area contributed by atoms with Gasteiger partial charge in [-0.2, -0.15) is 0 Å². The molecule has 0 fully saturated rings. The molecule has 15 heavy (non-hydrogen) atoms. The highest BCUT2D eigenvalue weighted by Gasteiger charge is 2.12. The van der Waals surface area contributed by atoms with Crippen molar-refractivity contribution < 1.29 is 0 Å². The first-order valence-corrected chi connectivity index (χ1v) is 6.48. The van der Waals surface area contributed by atoms with Crippen LogP contribution in [-0.2, 0) is 0 Å². The Balaban J connectivity index is 3.71. The summed E-state index contributed by atoms with van der Waals surface area (Å²) in [5.41, 5.74) is 0. The van der Waals surface area contributed by atoms with Crippen molar-refractivity contribution in [2.24, 2.45) is 0 Å². The minimum Gasteiger partial charge on any atom is -0.313 e. The quantitative estimate of drug-likeness (QED) is 0.668. The third-order valence-electron chi connectivity index (χ3n) is 2.91. The first-order chi connectivity index (χ1) is 6.99. The molecule has 0 aliphatic rings. The molecule has 0 saturated heterocycles. The smallest absolute Gasteiger partial charge is 0.0112 e. The summed E-state index contributed by atoms with van der Waals surface area (Å²) in [5.74, 6) is 0. The van der Waals surface area contributed by atoms with Crippen LogP contribution in [0.15, 0.2) is 0 Å². The summed E-state index contributed by atoms with van der Waals surface area (Å²) >= 11 is 0. The third-order valence-corrected chi connectivity index (χ3v) is 2.91. The van der Waals surface area contributed by atoms with Crippen LogP contribution < -0.4 is 5.32 Å². The molecule has 0 aliphatic heterocycles. The Morgan fingerprint density at radius 2 is 1.53 bits per heavy atom. The lowest BCUT2D eigenvalue weighted by atomic mass is 10.2. The minimum atomic E-state index is 0.647. The molecule has 0 saturated carbocycles. The number of rotatable bonds is 8. The molecule has 0 aromatic heterocycles. The average molecular weight is 214 g/mol. The lowest BCUT2D eigenvalue weighted by molar-refractivity contribution is 0.174. The van der Waals surface area contributed by atoms with Crippen molar-refractivity contribution in [3.05, 3.63) is 0 Å². The van der Waals surface area contributed by atoms with Gasteiger partial charge in [-0.15, -0.1) is 0 Å². The van der Waals surface area contributed by atoms with E-state index in [1.807, 2.05) is 0 Å². The Morgan fingerprint density at radius 1 is 1.00 bits per heavy atom. The van der Waals surface area contributed by atoms with Crippen LogP contribution in [0.5, 0.6) is 0 Å². The largest absolute Gasteiger partial charge is 0.313 e. The van der Waals surface area contributed by atoms with Crippen molar-refractivity contribution in [2.45, 2.75) is 72.5 Å². The Kier molecular flexibility index (Phi) is 8.07. The van der Waals surface area contributed by atoms with Gasteiger partial charge in [-0.25, -0.2) is 0 Å². The first kappa shape index (κ1) is 14.9. The highest BCUT2D eigenvalue weighted by Crippen LogP contribution is 2.03. The second kappa shape index (κ2) is 8.12. The van der Waals surface area contributed by atoms with Crippen LogP contribution in [0.4, 0.5) is 0 Å². The van der Waals surface area contributed by atoms with Crippen molar-refractivity contribution in [2.75, 3.05) is 13.1 Å². The fourth-order valence-electron chi connectivity index (χ4n) is 2.09. The van der Waals surface area contributed by atoms with E-state index >= 15 is 0 Å². The maximum Gasteiger partial charge on any atom is 0.0112 e. The monoisotopic (exact) mass is 214 g/mol. The molecule has 0 aromatic rings. The zero-order valence-corrected chi connectivity index (χ0v) is 11.5. The fraction of sp³-hybridized carbons (Fsp3) is 1.00. The van der Waals surface area contributed by atoms with E-state index in [1.54, 1.807) is 0 Å². The standard InChI is InChI=1S/C13H30N2/c1-7-8-13(6)14-9-10-15(11(2)3)12(4)5/h11-14H,7-10H2,1-6H3/t13-/m1/s1. The molecule has 0 radical (unpaired) electrons. The average Bonchev–Trinajstić information content (AvgIpc) is 2.11. The molecule has 2 heteroatoms. The van der Waals surface area contributed by atoms with Gasteiger partial charge in [0, 0.05) is 31.2 Å². The summed E-state index contributed by atoms with van der Waals surface area (Å²) < 4.78 is 0. The molecule has 0 bridgehead atoms. The molecule has 0 aromatic carbocycles. The Morgan fingerprint density at radius 3 is 1.93 bits per heavy atom. The zero-order valence-electron chi connectivity index (χ0n) is 11.5. The van der Waals surface area contributed by atoms with Gasteiger partial charge in [0.1, 0.15) is 0 Å². The Hall–Kier alpha value is -0.0800. The van der Waals surface area contributed by atoms with E-state index in [4.69, 9.17) is 0 Å². The van der Waals surface area contributed by atoms with Crippen molar-refractivity contribution in [3.8, 4) is 0 Å². The van der Waals surface area contributed by atoms with E-state index in [0.29, 0.717) is 18.1 Å². The summed E-state index contributed by atoms with van der Waals surface area (Å²) in [5, 5.41) is 3.58. The first-order valence-electron chi connectivity index (χ1n) is 6.48. The minimum absolute atomic E-state index is 0.647. The van der Waals surface area contributed by atoms with Gasteiger partial charge in [-0.05, 0) is 41.0 Å². The van der Waals surface area contributed by atoms with Crippen molar-refractivity contribution in [3.63, 3.8) is 0 Å². The van der Waals surface area contributed by atoms with E-state index < -0.39 is 0 Å². The highest BCUT2D eigenvalue weighted by atomic mass is 15.2. The van der Waals surface area contributed by atoms with Crippen LogP contribution in [0.3, 0.4) is 0 Å². The van der Waals surface area contributed by atoms with Gasteiger partial charge >= 0.3 is 0 Å². The van der Waals surface area contributed by atoms with Gasteiger partial charge in [-0.1, -0.05) is 13.3 Å². The predicted molar refractivity (Wildman–Crippen MR) is 69.4 cm³/mol. The summed E-state index contributed by atoms with van der Waals surface area (Å²) in [6.07, 6.45) is 2.55. The fourth-order valence-corrected chi connectivity index (χ4v) is 2.09. The van der Waals surface area contributed by atoms with Gasteiger partial charge in [0.15, 0.2) is 0 Å². The highest BCUT2D eigenvalue weighted by molar-refractivity contribution is 4.69. The number of nitrogens with zero attached hydrogens (tertiary/aromatic N) is 1. The molecule has 0 amide bonds. The van der Waals surface area contributed by atoms with E-state index in [0.717, 1.165) is 13.1 Å². The number of hydrogen-bond acceptors (Lipinski definition) is 2. The lowest BCUT2D eigenvalue weighted by Gasteiger charge is -2.31. The second-order valence-electron chi connectivity index (χ2n) is 5.07. The molecule has 1 N–H and O–H groups in total. The molecule has 0 spiro atoms. The molecular formula is C13H30N2. The normalized spacial score (nSPS) is 14.2. The molecule has 1 atom stereocenters. The van der Waals surface area contributed by atoms with Gasteiger partial charge < -0.3 is 5.32 Å². The van der Waals surface area contributed by atoms with Gasteiger partial charge in [-0.3, -0.25) is 4.90 Å². The summed E-state index contributed by atoms with van der Waals surface area (Å²) in [6.45, 7) is 15.9. The Bertz CT molecular complexity index is 135. The topological polar surface area (TPSA) is 15.3 Å². The van der Waals surface area contributed by atoms with Gasteiger partial charge in [0.25, 0.3) is 0 Å². The van der Waals surface area contributed by atoms with Gasteiger partial charge in [0.2, 0.25) is 0 Å². The van der Waals surface area contributed by atoms with Crippen LogP contribution in [0.25, 0.3) is 0 Å². The predicted octanol–water partition coefficient (Wildman–Crippen LogP) is 2.88. The van der Waals surface area contributed by atoms with Crippen LogP contribution in [0, 0.1) is 0 Å².